The van der Waals surface area contributed by atoms with E-state index in [-0.39, 0.29) is 5.91 Å². The van der Waals surface area contributed by atoms with Crippen LogP contribution in [0.3, 0.4) is 0 Å². The lowest BCUT2D eigenvalue weighted by molar-refractivity contribution is -0.117. The zero-order valence-corrected chi connectivity index (χ0v) is 12.8. The molecule has 1 aliphatic heterocycles. The number of carbonyl (C=O) groups excluding carboxylic acids is 2. The summed E-state index contributed by atoms with van der Waals surface area (Å²) in [7, 11) is 0. The van der Waals surface area contributed by atoms with Crippen LogP contribution in [0.2, 0.25) is 0 Å². The number of benzene rings is 1. The van der Waals surface area contributed by atoms with E-state index in [1.54, 1.807) is 47.5 Å². The number of anilines is 3. The number of amides is 3. The fourth-order valence-corrected chi connectivity index (χ4v) is 2.48. The molecule has 1 aliphatic rings. The molecule has 2 N–H and O–H groups in total. The Morgan fingerprint density at radius 3 is 2.67 bits per heavy atom. The quantitative estimate of drug-likeness (QED) is 0.908. The molecule has 2 heterocycles. The van der Waals surface area contributed by atoms with E-state index < -0.39 is 6.03 Å². The van der Waals surface area contributed by atoms with E-state index in [4.69, 9.17) is 5.26 Å². The largest absolute Gasteiger partial charge is 0.324 e. The fraction of sp³-hybridized carbons (Fsp3) is 0.176. The molecule has 3 rings (SSSR count). The number of hydrogen-bond donors (Lipinski definition) is 2. The predicted octanol–water partition coefficient (Wildman–Crippen LogP) is 2.72. The van der Waals surface area contributed by atoms with Gasteiger partial charge in [-0.1, -0.05) is 0 Å². The van der Waals surface area contributed by atoms with Crippen LogP contribution in [0, 0.1) is 11.3 Å². The molecule has 1 saturated heterocycles. The molecule has 7 heteroatoms. The lowest BCUT2D eigenvalue weighted by Gasteiger charge is -2.16. The smallest absolute Gasteiger partial charge is 0.312 e. The number of nitrogens with zero attached hydrogens (tertiary/aromatic N) is 3. The van der Waals surface area contributed by atoms with E-state index in [1.165, 1.54) is 0 Å². The zero-order valence-electron chi connectivity index (χ0n) is 12.8. The summed E-state index contributed by atoms with van der Waals surface area (Å²) in [5.41, 5.74) is 1.81. The monoisotopic (exact) mass is 321 g/mol. The first-order valence-electron chi connectivity index (χ1n) is 7.50. The molecule has 1 aromatic heterocycles. The number of nitrogens with one attached hydrogen (secondary N) is 2. The van der Waals surface area contributed by atoms with Crippen molar-refractivity contribution in [2.45, 2.75) is 12.8 Å². The maximum atomic E-state index is 12.0. The molecule has 1 fully saturated rings. The highest BCUT2D eigenvalue weighted by Gasteiger charge is 2.22. The Kier molecular flexibility index (Phi) is 4.38. The second-order valence-electron chi connectivity index (χ2n) is 5.32. The molecule has 0 saturated carbocycles. The number of pyridine rings is 1. The first-order valence-corrected chi connectivity index (χ1v) is 7.50. The summed E-state index contributed by atoms with van der Waals surface area (Å²) in [6, 6.07) is 11.5. The average molecular weight is 321 g/mol. The van der Waals surface area contributed by atoms with Gasteiger partial charge in [0.05, 0.1) is 11.6 Å². The van der Waals surface area contributed by atoms with Crippen molar-refractivity contribution in [3.63, 3.8) is 0 Å². The van der Waals surface area contributed by atoms with Gasteiger partial charge in [-0.2, -0.15) is 5.26 Å². The van der Waals surface area contributed by atoms with E-state index in [2.05, 4.69) is 15.6 Å². The van der Waals surface area contributed by atoms with Crippen molar-refractivity contribution in [3.05, 3.63) is 48.2 Å². The lowest BCUT2D eigenvalue weighted by atomic mass is 10.2. The first-order chi connectivity index (χ1) is 11.7. The number of urea groups is 1. The predicted molar refractivity (Wildman–Crippen MR) is 89.6 cm³/mol. The summed E-state index contributed by atoms with van der Waals surface area (Å²) in [6.07, 6.45) is 2.94. The van der Waals surface area contributed by atoms with E-state index in [1.807, 2.05) is 6.07 Å². The van der Waals surface area contributed by atoms with Gasteiger partial charge in [-0.25, -0.2) is 9.78 Å². The van der Waals surface area contributed by atoms with Crippen LogP contribution in [0.4, 0.5) is 22.0 Å². The van der Waals surface area contributed by atoms with Gasteiger partial charge in [0.1, 0.15) is 5.82 Å². The minimum absolute atomic E-state index is 0.0779. The maximum Gasteiger partial charge on any atom is 0.324 e. The van der Waals surface area contributed by atoms with E-state index in [0.29, 0.717) is 30.0 Å². The van der Waals surface area contributed by atoms with Crippen LogP contribution in [0.25, 0.3) is 0 Å². The van der Waals surface area contributed by atoms with Gasteiger partial charge < -0.3 is 10.2 Å². The van der Waals surface area contributed by atoms with Crippen LogP contribution in [0.5, 0.6) is 0 Å². The number of nitriles is 1. The standard InChI is InChI=1S/C17H15N5O2/c18-11-12-3-5-13(6-4-12)20-17(24)21-15-10-14(7-8-19-15)22-9-1-2-16(22)23/h3-8,10H,1-2,9H2,(H2,19,20,21,24). The van der Waals surface area contributed by atoms with Gasteiger partial charge in [0, 0.05) is 36.6 Å². The molecule has 0 spiro atoms. The molecule has 3 amide bonds. The van der Waals surface area contributed by atoms with Gasteiger partial charge >= 0.3 is 6.03 Å². The molecule has 2 aromatic rings. The molecule has 120 valence electrons. The van der Waals surface area contributed by atoms with Gasteiger partial charge in [0.25, 0.3) is 0 Å². The number of aromatic nitrogens is 1. The SMILES string of the molecule is N#Cc1ccc(NC(=O)Nc2cc(N3CCCC3=O)ccn2)cc1. The zero-order chi connectivity index (χ0) is 16.9. The molecule has 0 bridgehead atoms. The van der Waals surface area contributed by atoms with Crippen LogP contribution in [-0.4, -0.2) is 23.5 Å². The van der Waals surface area contributed by atoms with Gasteiger partial charge in [-0.3, -0.25) is 10.1 Å². The minimum Gasteiger partial charge on any atom is -0.312 e. The molecule has 1 aromatic carbocycles. The Morgan fingerprint density at radius 1 is 1.21 bits per heavy atom. The Morgan fingerprint density at radius 2 is 2.00 bits per heavy atom. The highest BCUT2D eigenvalue weighted by Crippen LogP contribution is 2.23. The Balaban J connectivity index is 1.65. The third-order valence-electron chi connectivity index (χ3n) is 3.64. The Hall–Kier alpha value is -3.40. The second kappa shape index (κ2) is 6.79. The number of carbonyl (C=O) groups is 2. The third-order valence-corrected chi connectivity index (χ3v) is 3.64. The van der Waals surface area contributed by atoms with Crippen molar-refractivity contribution >= 4 is 29.1 Å². The third kappa shape index (κ3) is 3.50. The highest BCUT2D eigenvalue weighted by molar-refractivity contribution is 6.00. The van der Waals surface area contributed by atoms with Crippen molar-refractivity contribution < 1.29 is 9.59 Å². The van der Waals surface area contributed by atoms with E-state index in [9.17, 15) is 9.59 Å². The summed E-state index contributed by atoms with van der Waals surface area (Å²) < 4.78 is 0. The summed E-state index contributed by atoms with van der Waals surface area (Å²) in [4.78, 5) is 29.6. The first kappa shape index (κ1) is 15.5. The van der Waals surface area contributed by atoms with Crippen LogP contribution in [0.15, 0.2) is 42.6 Å². The Labute approximate surface area is 138 Å². The second-order valence-corrected chi connectivity index (χ2v) is 5.32. The maximum absolute atomic E-state index is 12.0. The Bertz CT molecular complexity index is 810. The fourth-order valence-electron chi connectivity index (χ4n) is 2.48. The molecular formula is C17H15N5O2. The van der Waals surface area contributed by atoms with Gasteiger partial charge in [-0.15, -0.1) is 0 Å². The van der Waals surface area contributed by atoms with Crippen LogP contribution in [0.1, 0.15) is 18.4 Å². The average Bonchev–Trinajstić information content (AvgIpc) is 3.02. The van der Waals surface area contributed by atoms with Crippen molar-refractivity contribution in [2.75, 3.05) is 22.1 Å². The minimum atomic E-state index is -0.447. The number of rotatable bonds is 3. The summed E-state index contributed by atoms with van der Waals surface area (Å²) >= 11 is 0. The molecular weight excluding hydrogens is 306 g/mol. The van der Waals surface area contributed by atoms with Crippen molar-refractivity contribution in [3.8, 4) is 6.07 Å². The normalized spacial score (nSPS) is 13.5. The van der Waals surface area contributed by atoms with Gasteiger partial charge in [0.2, 0.25) is 5.91 Å². The van der Waals surface area contributed by atoms with Crippen LogP contribution >= 0.6 is 0 Å². The molecule has 0 atom stereocenters. The summed E-state index contributed by atoms with van der Waals surface area (Å²) in [5.74, 6) is 0.438. The van der Waals surface area contributed by atoms with Crippen molar-refractivity contribution in [2.24, 2.45) is 0 Å². The van der Waals surface area contributed by atoms with E-state index in [0.717, 1.165) is 12.1 Å². The van der Waals surface area contributed by atoms with Crippen molar-refractivity contribution in [1.29, 1.82) is 5.26 Å². The summed E-state index contributed by atoms with van der Waals surface area (Å²) in [5, 5.41) is 14.0. The van der Waals surface area contributed by atoms with Gasteiger partial charge in [-0.05, 0) is 36.8 Å². The van der Waals surface area contributed by atoms with Gasteiger partial charge in [0.15, 0.2) is 0 Å². The molecule has 24 heavy (non-hydrogen) atoms. The molecule has 0 aliphatic carbocycles. The van der Waals surface area contributed by atoms with Crippen molar-refractivity contribution in [1.82, 2.24) is 4.98 Å². The molecule has 0 unspecified atom stereocenters. The lowest BCUT2D eigenvalue weighted by Crippen LogP contribution is -2.24. The molecule has 0 radical (unpaired) electrons. The van der Waals surface area contributed by atoms with Crippen LogP contribution in [-0.2, 0) is 4.79 Å². The molecule has 7 nitrogen and oxygen atoms in total. The summed E-state index contributed by atoms with van der Waals surface area (Å²) in [6.45, 7) is 0.680. The highest BCUT2D eigenvalue weighted by atomic mass is 16.2. The topological polar surface area (TPSA) is 98.1 Å². The van der Waals surface area contributed by atoms with Crippen LogP contribution < -0.4 is 15.5 Å². The number of hydrogen-bond acceptors (Lipinski definition) is 4. The van der Waals surface area contributed by atoms with E-state index >= 15 is 0 Å².